The van der Waals surface area contributed by atoms with Crippen LogP contribution in [0.25, 0.3) is 0 Å². The molecule has 1 saturated carbocycles. The molecule has 0 amide bonds. The van der Waals surface area contributed by atoms with Crippen molar-refractivity contribution in [3.05, 3.63) is 35.9 Å². The van der Waals surface area contributed by atoms with Crippen LogP contribution in [0.3, 0.4) is 0 Å². The van der Waals surface area contributed by atoms with Crippen molar-refractivity contribution in [2.75, 3.05) is 0 Å². The lowest BCUT2D eigenvalue weighted by atomic mass is 9.73. The van der Waals surface area contributed by atoms with E-state index in [2.05, 4.69) is 0 Å². The molecule has 39 heavy (non-hydrogen) atoms. The molecule has 0 bridgehead atoms. The number of halogens is 17. The first-order valence-electron chi connectivity index (χ1n) is 11.1. The molecule has 0 saturated heterocycles. The molecule has 1 aromatic carbocycles. The van der Waals surface area contributed by atoms with Gasteiger partial charge in [-0.25, -0.2) is 0 Å². The minimum absolute atomic E-state index is 0.0740. The third-order valence-corrected chi connectivity index (χ3v) is 6.71. The summed E-state index contributed by atoms with van der Waals surface area (Å²) in [5.74, 6) is -58.8. The summed E-state index contributed by atoms with van der Waals surface area (Å²) < 4.78 is 231. The molecule has 0 spiro atoms. The summed E-state index contributed by atoms with van der Waals surface area (Å²) in [6.07, 6.45) is -8.73. The Morgan fingerprint density at radius 3 is 1.31 bits per heavy atom. The highest BCUT2D eigenvalue weighted by Gasteiger charge is 2.95. The van der Waals surface area contributed by atoms with Crippen LogP contribution in [0.15, 0.2) is 30.3 Å². The number of hydrogen-bond donors (Lipinski definition) is 0. The fraction of sp³-hybridized carbons (Fsp3) is 0.727. The van der Waals surface area contributed by atoms with Gasteiger partial charge in [0.2, 0.25) is 0 Å². The van der Waals surface area contributed by atoms with Gasteiger partial charge in [-0.05, 0) is 30.2 Å². The second kappa shape index (κ2) is 10.1. The van der Waals surface area contributed by atoms with Gasteiger partial charge in [-0.1, -0.05) is 49.6 Å². The summed E-state index contributed by atoms with van der Waals surface area (Å²) >= 11 is 0. The second-order valence-electron chi connectivity index (χ2n) is 9.27. The molecule has 0 aromatic heterocycles. The van der Waals surface area contributed by atoms with E-state index in [0.29, 0.717) is 19.3 Å². The van der Waals surface area contributed by atoms with Gasteiger partial charge < -0.3 is 0 Å². The molecule has 0 heterocycles. The maximum absolute atomic E-state index is 14.7. The van der Waals surface area contributed by atoms with E-state index < -0.39 is 65.9 Å². The first kappa shape index (κ1) is 33.2. The van der Waals surface area contributed by atoms with Crippen molar-refractivity contribution in [2.45, 2.75) is 92.1 Å². The molecule has 1 aromatic rings. The quantitative estimate of drug-likeness (QED) is 0.233. The molecule has 1 atom stereocenters. The monoisotopic (exact) mass is 606 g/mol. The van der Waals surface area contributed by atoms with Crippen molar-refractivity contribution in [3.63, 3.8) is 0 Å². The van der Waals surface area contributed by atoms with Crippen molar-refractivity contribution in [1.82, 2.24) is 0 Å². The Labute approximate surface area is 209 Å². The van der Waals surface area contributed by atoms with Crippen molar-refractivity contribution >= 4 is 0 Å². The third kappa shape index (κ3) is 5.15. The van der Waals surface area contributed by atoms with E-state index in [4.69, 9.17) is 0 Å². The second-order valence-corrected chi connectivity index (χ2v) is 9.27. The number of hydrogen-bond acceptors (Lipinski definition) is 0. The highest BCUT2D eigenvalue weighted by molar-refractivity contribution is 5.22. The van der Waals surface area contributed by atoms with Crippen LogP contribution >= 0.6 is 0 Å². The standard InChI is InChI=1S/C22H19F17/c23-15(24,11-14(12-7-3-1-4-8-12)13-9-5-2-6-10-13)16(25,26)17(27,28)18(29,30)19(31,32)20(33,34)21(35,36)22(37,38)39/h1,3-4,7-8,13-14H,2,5-6,9-11H2. The van der Waals surface area contributed by atoms with E-state index in [-0.39, 0.29) is 18.4 Å². The van der Waals surface area contributed by atoms with E-state index in [9.17, 15) is 74.6 Å². The van der Waals surface area contributed by atoms with Gasteiger partial charge in [0, 0.05) is 6.42 Å². The van der Waals surface area contributed by atoms with Gasteiger partial charge in [0.25, 0.3) is 0 Å². The molecule has 2 rings (SSSR count). The van der Waals surface area contributed by atoms with Crippen LogP contribution < -0.4 is 0 Å². The molecule has 1 unspecified atom stereocenters. The van der Waals surface area contributed by atoms with Gasteiger partial charge in [0.1, 0.15) is 0 Å². The Bertz CT molecular complexity index is 959. The fourth-order valence-corrected chi connectivity index (χ4v) is 4.39. The fourth-order valence-electron chi connectivity index (χ4n) is 4.39. The van der Waals surface area contributed by atoms with Crippen LogP contribution in [0.2, 0.25) is 0 Å². The van der Waals surface area contributed by atoms with Crippen LogP contribution in [-0.2, 0) is 0 Å². The lowest BCUT2D eigenvalue weighted by Gasteiger charge is -2.43. The van der Waals surface area contributed by atoms with Crippen LogP contribution in [0.4, 0.5) is 74.6 Å². The summed E-state index contributed by atoms with van der Waals surface area (Å²) in [6, 6.07) is 5.95. The zero-order valence-corrected chi connectivity index (χ0v) is 19.2. The van der Waals surface area contributed by atoms with E-state index >= 15 is 0 Å². The molecule has 0 N–H and O–H groups in total. The van der Waals surface area contributed by atoms with Crippen LogP contribution in [0.1, 0.15) is 50.0 Å². The molecule has 0 radical (unpaired) electrons. The average molecular weight is 606 g/mol. The van der Waals surface area contributed by atoms with E-state index in [1.165, 1.54) is 18.2 Å². The molecule has 1 fully saturated rings. The van der Waals surface area contributed by atoms with Gasteiger partial charge >= 0.3 is 47.6 Å². The van der Waals surface area contributed by atoms with E-state index in [1.807, 2.05) is 0 Å². The summed E-state index contributed by atoms with van der Waals surface area (Å²) in [6.45, 7) is 0. The smallest absolute Gasteiger partial charge is 0.200 e. The molecule has 1 aliphatic rings. The summed E-state index contributed by atoms with van der Waals surface area (Å²) in [4.78, 5) is 0. The molecule has 17 heteroatoms. The van der Waals surface area contributed by atoms with Crippen molar-refractivity contribution < 1.29 is 74.6 Å². The number of alkyl halides is 17. The Kier molecular flexibility index (Phi) is 8.64. The Balaban J connectivity index is 2.56. The minimum Gasteiger partial charge on any atom is -0.200 e. The molecular formula is C22H19F17. The van der Waals surface area contributed by atoms with Crippen LogP contribution in [0.5, 0.6) is 0 Å². The van der Waals surface area contributed by atoms with Gasteiger partial charge in [0.15, 0.2) is 0 Å². The Hall–Kier alpha value is -1.97. The van der Waals surface area contributed by atoms with Gasteiger partial charge in [-0.2, -0.15) is 74.6 Å². The normalized spacial score (nSPS) is 18.8. The van der Waals surface area contributed by atoms with Gasteiger partial charge in [-0.3, -0.25) is 0 Å². The Morgan fingerprint density at radius 1 is 0.513 bits per heavy atom. The molecule has 0 nitrogen and oxygen atoms in total. The topological polar surface area (TPSA) is 0 Å². The van der Waals surface area contributed by atoms with Crippen LogP contribution in [-0.4, -0.2) is 47.6 Å². The first-order valence-corrected chi connectivity index (χ1v) is 11.1. The average Bonchev–Trinajstić information content (AvgIpc) is 2.82. The number of benzene rings is 1. The van der Waals surface area contributed by atoms with Crippen molar-refractivity contribution in [2.24, 2.45) is 5.92 Å². The summed E-state index contributed by atoms with van der Waals surface area (Å²) in [5.41, 5.74) is -0.170. The lowest BCUT2D eigenvalue weighted by molar-refractivity contribution is -0.462. The lowest BCUT2D eigenvalue weighted by Crippen LogP contribution is -2.74. The SMILES string of the molecule is FC(F)(F)C(F)(F)C(F)(F)C(F)(F)C(F)(F)C(F)(F)C(F)(F)C(F)(F)CC(c1ccccc1)C1CCCCC1. The highest BCUT2D eigenvalue weighted by atomic mass is 19.4. The van der Waals surface area contributed by atoms with Crippen molar-refractivity contribution in [3.8, 4) is 0 Å². The van der Waals surface area contributed by atoms with Gasteiger partial charge in [0.05, 0.1) is 0 Å². The third-order valence-electron chi connectivity index (χ3n) is 6.71. The minimum atomic E-state index is -8.61. The first-order chi connectivity index (χ1) is 17.3. The number of rotatable bonds is 10. The van der Waals surface area contributed by atoms with E-state index in [0.717, 1.165) is 12.1 Å². The van der Waals surface area contributed by atoms with Gasteiger partial charge in [-0.15, -0.1) is 0 Å². The molecule has 0 aliphatic heterocycles. The Morgan fingerprint density at radius 2 is 0.897 bits per heavy atom. The predicted octanol–water partition coefficient (Wildman–Crippen LogP) is 9.75. The maximum Gasteiger partial charge on any atom is 0.460 e. The summed E-state index contributed by atoms with van der Waals surface area (Å²) in [5, 5.41) is 0. The predicted molar refractivity (Wildman–Crippen MR) is 101 cm³/mol. The summed E-state index contributed by atoms with van der Waals surface area (Å²) in [7, 11) is 0. The highest BCUT2D eigenvalue weighted by Crippen LogP contribution is 2.64. The van der Waals surface area contributed by atoms with Crippen LogP contribution in [0, 0.1) is 5.92 Å². The maximum atomic E-state index is 14.7. The van der Waals surface area contributed by atoms with Crippen molar-refractivity contribution in [1.29, 1.82) is 0 Å². The van der Waals surface area contributed by atoms with E-state index in [1.54, 1.807) is 0 Å². The zero-order valence-electron chi connectivity index (χ0n) is 19.2. The molecule has 226 valence electrons. The largest absolute Gasteiger partial charge is 0.460 e. The molecule has 1 aliphatic carbocycles. The molecular weight excluding hydrogens is 587 g/mol. The zero-order chi connectivity index (χ0) is 30.5.